The van der Waals surface area contributed by atoms with Gasteiger partial charge in [-0.1, -0.05) is 18.2 Å². The highest BCUT2D eigenvalue weighted by atomic mass is 16.2. The molecule has 2 aromatic rings. The lowest BCUT2D eigenvalue weighted by atomic mass is 10.1. The van der Waals surface area contributed by atoms with E-state index >= 15 is 0 Å². The normalized spacial score (nSPS) is 13.8. The largest absolute Gasteiger partial charge is 0.321 e. The molecular formula is C19H16N4O2. The van der Waals surface area contributed by atoms with E-state index in [2.05, 4.69) is 10.4 Å². The average Bonchev–Trinajstić information content (AvgIpc) is 2.62. The highest BCUT2D eigenvalue weighted by molar-refractivity contribution is 6.44. The summed E-state index contributed by atoms with van der Waals surface area (Å²) in [5.74, 6) is -0.520. The van der Waals surface area contributed by atoms with Crippen LogP contribution in [0.25, 0.3) is 0 Å². The number of hydrogen-bond donors (Lipinski definition) is 1. The molecule has 0 spiro atoms. The first-order chi connectivity index (χ1) is 12.1. The van der Waals surface area contributed by atoms with E-state index in [0.29, 0.717) is 16.9 Å². The topological polar surface area (TPSA) is 85.6 Å². The van der Waals surface area contributed by atoms with Crippen molar-refractivity contribution in [3.8, 4) is 6.07 Å². The van der Waals surface area contributed by atoms with Gasteiger partial charge in [0.15, 0.2) is 0 Å². The molecule has 0 saturated carbocycles. The van der Waals surface area contributed by atoms with Crippen LogP contribution in [0.5, 0.6) is 0 Å². The number of nitrogens with zero attached hydrogens (tertiary/aromatic N) is 3. The lowest BCUT2D eigenvalue weighted by Crippen LogP contribution is -2.36. The Morgan fingerprint density at radius 2 is 2.00 bits per heavy atom. The lowest BCUT2D eigenvalue weighted by Gasteiger charge is -2.23. The molecule has 0 aliphatic carbocycles. The van der Waals surface area contributed by atoms with Gasteiger partial charge in [0.2, 0.25) is 5.91 Å². The van der Waals surface area contributed by atoms with Crippen LogP contribution in [0, 0.1) is 18.3 Å². The summed E-state index contributed by atoms with van der Waals surface area (Å²) < 4.78 is 0. The van der Waals surface area contributed by atoms with Crippen molar-refractivity contribution in [1.29, 1.82) is 5.26 Å². The second-order valence-electron chi connectivity index (χ2n) is 5.74. The second-order valence-corrected chi connectivity index (χ2v) is 5.74. The molecule has 0 saturated heterocycles. The summed E-state index contributed by atoms with van der Waals surface area (Å²) in [6.45, 7) is 1.93. The van der Waals surface area contributed by atoms with Crippen LogP contribution >= 0.6 is 0 Å². The Morgan fingerprint density at radius 3 is 2.76 bits per heavy atom. The van der Waals surface area contributed by atoms with Gasteiger partial charge in [-0.3, -0.25) is 9.59 Å². The van der Waals surface area contributed by atoms with Crippen LogP contribution in [0.1, 0.15) is 24.0 Å². The maximum Gasteiger partial charge on any atom is 0.271 e. The number of aryl methyl sites for hydroxylation is 1. The summed E-state index contributed by atoms with van der Waals surface area (Å²) in [5.41, 5.74) is 2.90. The molecular weight excluding hydrogens is 316 g/mol. The van der Waals surface area contributed by atoms with Gasteiger partial charge in [-0.25, -0.2) is 5.01 Å². The van der Waals surface area contributed by atoms with Gasteiger partial charge >= 0.3 is 0 Å². The lowest BCUT2D eigenvalue weighted by molar-refractivity contribution is -0.118. The molecule has 0 aromatic heterocycles. The number of nitrogens with one attached hydrogen (secondary N) is 1. The molecule has 0 radical (unpaired) electrons. The molecule has 1 aliphatic heterocycles. The van der Waals surface area contributed by atoms with Crippen molar-refractivity contribution in [3.05, 3.63) is 59.7 Å². The Balaban J connectivity index is 1.83. The van der Waals surface area contributed by atoms with Crippen LogP contribution in [0.2, 0.25) is 0 Å². The highest BCUT2D eigenvalue weighted by Crippen LogP contribution is 2.21. The van der Waals surface area contributed by atoms with Crippen LogP contribution < -0.4 is 10.3 Å². The monoisotopic (exact) mass is 332 g/mol. The number of hydrazone groups is 1. The van der Waals surface area contributed by atoms with Crippen molar-refractivity contribution >= 4 is 28.9 Å². The van der Waals surface area contributed by atoms with Gasteiger partial charge in [0.1, 0.15) is 5.71 Å². The number of amides is 2. The van der Waals surface area contributed by atoms with Gasteiger partial charge in [-0.05, 0) is 42.8 Å². The molecule has 2 aromatic carbocycles. The van der Waals surface area contributed by atoms with Crippen LogP contribution in [0.3, 0.4) is 0 Å². The van der Waals surface area contributed by atoms with Crippen LogP contribution in [-0.2, 0) is 9.59 Å². The first kappa shape index (κ1) is 16.4. The summed E-state index contributed by atoms with van der Waals surface area (Å²) >= 11 is 0. The van der Waals surface area contributed by atoms with Crippen molar-refractivity contribution in [2.45, 2.75) is 19.8 Å². The maximum atomic E-state index is 12.5. The average molecular weight is 332 g/mol. The standard InChI is InChI=1S/C19H16N4O2/c1-13-4-2-7-16(10-13)23-18(24)9-8-17(22-23)19(25)21-15-6-3-5-14(11-15)12-20/h2-7,10-11H,8-9H2,1H3,(H,21,25). The van der Waals surface area contributed by atoms with Crippen molar-refractivity contribution < 1.29 is 9.59 Å². The first-order valence-electron chi connectivity index (χ1n) is 7.85. The Morgan fingerprint density at radius 1 is 1.20 bits per heavy atom. The Hall–Kier alpha value is -3.46. The molecule has 2 amide bonds. The fourth-order valence-corrected chi connectivity index (χ4v) is 2.55. The minimum Gasteiger partial charge on any atom is -0.321 e. The number of carbonyl (C=O) groups excluding carboxylic acids is 2. The van der Waals surface area contributed by atoms with Gasteiger partial charge in [0, 0.05) is 18.5 Å². The smallest absolute Gasteiger partial charge is 0.271 e. The number of nitriles is 1. The molecule has 6 heteroatoms. The molecule has 124 valence electrons. The molecule has 0 bridgehead atoms. The minimum atomic E-state index is -0.375. The van der Waals surface area contributed by atoms with Crippen LogP contribution in [0.15, 0.2) is 53.6 Å². The molecule has 3 rings (SSSR count). The molecule has 6 nitrogen and oxygen atoms in total. The number of carbonyl (C=O) groups is 2. The number of hydrogen-bond acceptors (Lipinski definition) is 4. The van der Waals surface area contributed by atoms with E-state index in [0.717, 1.165) is 5.56 Å². The third kappa shape index (κ3) is 3.72. The summed E-state index contributed by atoms with van der Waals surface area (Å²) in [6, 6.07) is 16.1. The quantitative estimate of drug-likeness (QED) is 0.937. The molecule has 1 heterocycles. The van der Waals surface area contributed by atoms with Gasteiger partial charge < -0.3 is 5.32 Å². The van der Waals surface area contributed by atoms with Crippen molar-refractivity contribution in [3.63, 3.8) is 0 Å². The molecule has 25 heavy (non-hydrogen) atoms. The van der Waals surface area contributed by atoms with Crippen molar-refractivity contribution in [1.82, 2.24) is 0 Å². The third-order valence-corrected chi connectivity index (χ3v) is 3.79. The summed E-state index contributed by atoms with van der Waals surface area (Å²) in [6.07, 6.45) is 0.503. The zero-order chi connectivity index (χ0) is 17.8. The number of benzene rings is 2. The summed E-state index contributed by atoms with van der Waals surface area (Å²) in [4.78, 5) is 24.6. The highest BCUT2D eigenvalue weighted by Gasteiger charge is 2.25. The molecule has 0 atom stereocenters. The Labute approximate surface area is 145 Å². The number of anilines is 2. The van der Waals surface area contributed by atoms with E-state index in [1.807, 2.05) is 31.2 Å². The fraction of sp³-hybridized carbons (Fsp3) is 0.158. The molecule has 1 aliphatic rings. The number of rotatable bonds is 3. The van der Waals surface area contributed by atoms with Crippen LogP contribution in [0.4, 0.5) is 11.4 Å². The Bertz CT molecular complexity index is 912. The zero-order valence-corrected chi connectivity index (χ0v) is 13.7. The van der Waals surface area contributed by atoms with Crippen molar-refractivity contribution in [2.75, 3.05) is 10.3 Å². The second kappa shape index (κ2) is 6.97. The Kier molecular flexibility index (Phi) is 4.57. The van der Waals surface area contributed by atoms with E-state index in [-0.39, 0.29) is 30.4 Å². The van der Waals surface area contributed by atoms with E-state index in [4.69, 9.17) is 5.26 Å². The molecule has 1 N–H and O–H groups in total. The minimum absolute atomic E-state index is 0.145. The first-order valence-corrected chi connectivity index (χ1v) is 7.85. The summed E-state index contributed by atoms with van der Waals surface area (Å²) in [7, 11) is 0. The van der Waals surface area contributed by atoms with E-state index in [9.17, 15) is 9.59 Å². The molecule has 0 unspecified atom stereocenters. The predicted molar refractivity (Wildman–Crippen MR) is 95.1 cm³/mol. The van der Waals surface area contributed by atoms with Gasteiger partial charge in [-0.2, -0.15) is 10.4 Å². The van der Waals surface area contributed by atoms with E-state index in [1.165, 1.54) is 5.01 Å². The SMILES string of the molecule is Cc1cccc(N2N=C(C(=O)Nc3cccc(C#N)c3)CCC2=O)c1. The van der Waals surface area contributed by atoms with Gasteiger partial charge in [-0.15, -0.1) is 0 Å². The van der Waals surface area contributed by atoms with Crippen LogP contribution in [-0.4, -0.2) is 17.5 Å². The molecule has 0 fully saturated rings. The van der Waals surface area contributed by atoms with E-state index in [1.54, 1.807) is 30.3 Å². The third-order valence-electron chi connectivity index (χ3n) is 3.79. The summed E-state index contributed by atoms with van der Waals surface area (Å²) in [5, 5.41) is 17.2. The predicted octanol–water partition coefficient (Wildman–Crippen LogP) is 2.99. The van der Waals surface area contributed by atoms with Gasteiger partial charge in [0.05, 0.1) is 17.3 Å². The van der Waals surface area contributed by atoms with Crippen molar-refractivity contribution in [2.24, 2.45) is 5.10 Å². The van der Waals surface area contributed by atoms with Gasteiger partial charge in [0.25, 0.3) is 5.91 Å². The van der Waals surface area contributed by atoms with E-state index < -0.39 is 0 Å². The fourth-order valence-electron chi connectivity index (χ4n) is 2.55. The maximum absolute atomic E-state index is 12.5. The zero-order valence-electron chi connectivity index (χ0n) is 13.7.